The largest absolute Gasteiger partial charge is 0.350 e. The number of nitrogens with zero attached hydrogens (tertiary/aromatic N) is 1. The summed E-state index contributed by atoms with van der Waals surface area (Å²) in [6.07, 6.45) is 2.49. The number of likely N-dealkylation sites (tertiary alicyclic amines) is 1. The van der Waals surface area contributed by atoms with E-state index in [-0.39, 0.29) is 11.9 Å². The van der Waals surface area contributed by atoms with Crippen molar-refractivity contribution in [3.8, 4) is 0 Å². The van der Waals surface area contributed by atoms with Gasteiger partial charge < -0.3 is 5.32 Å². The van der Waals surface area contributed by atoms with Crippen LogP contribution < -0.4 is 5.32 Å². The lowest BCUT2D eigenvalue weighted by atomic mass is 10.0. The van der Waals surface area contributed by atoms with Crippen LogP contribution in [-0.2, 0) is 0 Å². The molecular weight excluding hydrogens is 296 g/mol. The van der Waals surface area contributed by atoms with Crippen molar-refractivity contribution in [2.24, 2.45) is 0 Å². The van der Waals surface area contributed by atoms with E-state index in [1.54, 1.807) is 0 Å². The van der Waals surface area contributed by atoms with Crippen LogP contribution in [0.15, 0.2) is 48.5 Å². The molecule has 1 saturated heterocycles. The van der Waals surface area contributed by atoms with Gasteiger partial charge in [-0.3, -0.25) is 9.69 Å². The van der Waals surface area contributed by atoms with Crippen LogP contribution in [0, 0.1) is 13.8 Å². The monoisotopic (exact) mass is 322 g/mol. The highest BCUT2D eigenvalue weighted by Gasteiger charge is 2.24. The summed E-state index contributed by atoms with van der Waals surface area (Å²) >= 11 is 0. The fraction of sp³-hybridized carbons (Fsp3) is 0.381. The molecule has 1 heterocycles. The van der Waals surface area contributed by atoms with Crippen molar-refractivity contribution in [2.75, 3.05) is 19.6 Å². The maximum absolute atomic E-state index is 12.6. The Hall–Kier alpha value is -2.13. The lowest BCUT2D eigenvalue weighted by molar-refractivity contribution is 0.0937. The highest BCUT2D eigenvalue weighted by atomic mass is 16.1. The summed E-state index contributed by atoms with van der Waals surface area (Å²) in [5, 5.41) is 3.16. The van der Waals surface area contributed by atoms with Crippen molar-refractivity contribution in [3.63, 3.8) is 0 Å². The van der Waals surface area contributed by atoms with Gasteiger partial charge in [-0.1, -0.05) is 42.5 Å². The Kier molecular flexibility index (Phi) is 5.31. The van der Waals surface area contributed by atoms with E-state index in [4.69, 9.17) is 0 Å². The summed E-state index contributed by atoms with van der Waals surface area (Å²) in [5.41, 5.74) is 4.28. The standard InChI is InChI=1S/C21H26N2O/c1-16-9-8-12-19(17(16)2)21(24)22-15-20(23-13-6-7-14-23)18-10-4-3-5-11-18/h3-5,8-12,20H,6-7,13-15H2,1-2H3,(H,22,24)/t20-/m1/s1. The van der Waals surface area contributed by atoms with Crippen LogP contribution in [0.1, 0.15) is 45.9 Å². The fourth-order valence-electron chi connectivity index (χ4n) is 3.47. The van der Waals surface area contributed by atoms with Crippen molar-refractivity contribution >= 4 is 5.91 Å². The van der Waals surface area contributed by atoms with Crippen molar-refractivity contribution in [3.05, 3.63) is 70.8 Å². The van der Waals surface area contributed by atoms with E-state index in [9.17, 15) is 4.79 Å². The fourth-order valence-corrected chi connectivity index (χ4v) is 3.47. The lowest BCUT2D eigenvalue weighted by Crippen LogP contribution is -2.37. The highest BCUT2D eigenvalue weighted by Crippen LogP contribution is 2.24. The predicted octanol–water partition coefficient (Wildman–Crippen LogP) is 3.87. The Morgan fingerprint density at radius 1 is 1.04 bits per heavy atom. The van der Waals surface area contributed by atoms with Gasteiger partial charge in [0.05, 0.1) is 6.04 Å². The minimum Gasteiger partial charge on any atom is -0.350 e. The Balaban J connectivity index is 1.73. The van der Waals surface area contributed by atoms with Crippen molar-refractivity contribution in [2.45, 2.75) is 32.7 Å². The second kappa shape index (κ2) is 7.63. The predicted molar refractivity (Wildman–Crippen MR) is 98.2 cm³/mol. The molecule has 3 nitrogen and oxygen atoms in total. The zero-order valence-electron chi connectivity index (χ0n) is 14.6. The van der Waals surface area contributed by atoms with Gasteiger partial charge in [-0.25, -0.2) is 0 Å². The maximum Gasteiger partial charge on any atom is 0.251 e. The van der Waals surface area contributed by atoms with E-state index in [0.717, 1.165) is 29.8 Å². The maximum atomic E-state index is 12.6. The molecule has 1 aliphatic heterocycles. The molecule has 1 N–H and O–H groups in total. The van der Waals surface area contributed by atoms with E-state index in [0.29, 0.717) is 6.54 Å². The Labute approximate surface area is 144 Å². The molecule has 0 spiro atoms. The molecule has 0 bridgehead atoms. The first-order chi connectivity index (χ1) is 11.7. The third-order valence-electron chi connectivity index (χ3n) is 5.07. The minimum absolute atomic E-state index is 0.0244. The number of nitrogens with one attached hydrogen (secondary N) is 1. The Bertz CT molecular complexity index is 690. The molecule has 0 unspecified atom stereocenters. The normalized spacial score (nSPS) is 16.1. The molecule has 1 amide bonds. The topological polar surface area (TPSA) is 32.3 Å². The molecule has 1 aliphatic rings. The Morgan fingerprint density at radius 2 is 1.75 bits per heavy atom. The van der Waals surface area contributed by atoms with Crippen LogP contribution in [0.25, 0.3) is 0 Å². The summed E-state index contributed by atoms with van der Waals surface area (Å²) in [4.78, 5) is 15.1. The summed E-state index contributed by atoms with van der Waals surface area (Å²) in [6.45, 7) is 6.93. The van der Waals surface area contributed by atoms with Crippen molar-refractivity contribution < 1.29 is 4.79 Å². The zero-order chi connectivity index (χ0) is 16.9. The molecular formula is C21H26N2O. The third kappa shape index (κ3) is 3.68. The van der Waals surface area contributed by atoms with E-state index >= 15 is 0 Å². The smallest absolute Gasteiger partial charge is 0.251 e. The van der Waals surface area contributed by atoms with Crippen LogP contribution >= 0.6 is 0 Å². The Morgan fingerprint density at radius 3 is 2.46 bits per heavy atom. The number of hydrogen-bond acceptors (Lipinski definition) is 2. The quantitative estimate of drug-likeness (QED) is 0.906. The van der Waals surface area contributed by atoms with E-state index < -0.39 is 0 Å². The van der Waals surface area contributed by atoms with Crippen LogP contribution in [0.4, 0.5) is 0 Å². The number of hydrogen-bond donors (Lipinski definition) is 1. The zero-order valence-corrected chi connectivity index (χ0v) is 14.6. The summed E-state index contributed by atoms with van der Waals surface area (Å²) < 4.78 is 0. The molecule has 2 aromatic carbocycles. The SMILES string of the molecule is Cc1cccc(C(=O)NC[C@H](c2ccccc2)N2CCCC2)c1C. The average molecular weight is 322 g/mol. The van der Waals surface area contributed by atoms with Gasteiger partial charge in [0.2, 0.25) is 0 Å². The first-order valence-electron chi connectivity index (χ1n) is 8.80. The molecule has 1 atom stereocenters. The lowest BCUT2D eigenvalue weighted by Gasteiger charge is -2.28. The number of rotatable bonds is 5. The molecule has 0 aromatic heterocycles. The highest BCUT2D eigenvalue weighted by molar-refractivity contribution is 5.95. The molecule has 1 fully saturated rings. The number of carbonyl (C=O) groups is 1. The van der Waals surface area contributed by atoms with Gasteiger partial charge in [0, 0.05) is 12.1 Å². The molecule has 3 heteroatoms. The summed E-state index contributed by atoms with van der Waals surface area (Å²) in [5.74, 6) is 0.0244. The van der Waals surface area contributed by atoms with Gasteiger partial charge in [0.25, 0.3) is 5.91 Å². The number of amides is 1. The minimum atomic E-state index is 0.0244. The van der Waals surface area contributed by atoms with E-state index in [1.807, 2.05) is 38.1 Å². The molecule has 24 heavy (non-hydrogen) atoms. The molecule has 2 aromatic rings. The van der Waals surface area contributed by atoms with Gasteiger partial charge in [-0.15, -0.1) is 0 Å². The molecule has 126 valence electrons. The molecule has 0 aliphatic carbocycles. The van der Waals surface area contributed by atoms with Crippen LogP contribution in [0.3, 0.4) is 0 Å². The first-order valence-corrected chi connectivity index (χ1v) is 8.80. The van der Waals surface area contributed by atoms with Crippen LogP contribution in [-0.4, -0.2) is 30.4 Å². The van der Waals surface area contributed by atoms with Crippen molar-refractivity contribution in [1.29, 1.82) is 0 Å². The van der Waals surface area contributed by atoms with Gasteiger partial charge in [-0.05, 0) is 62.5 Å². The van der Waals surface area contributed by atoms with E-state index in [1.165, 1.54) is 18.4 Å². The van der Waals surface area contributed by atoms with Crippen LogP contribution in [0.2, 0.25) is 0 Å². The second-order valence-corrected chi connectivity index (χ2v) is 6.63. The second-order valence-electron chi connectivity index (χ2n) is 6.63. The average Bonchev–Trinajstić information content (AvgIpc) is 3.12. The molecule has 3 rings (SSSR count). The van der Waals surface area contributed by atoms with Crippen LogP contribution in [0.5, 0.6) is 0 Å². The number of carbonyl (C=O) groups excluding carboxylic acids is 1. The van der Waals surface area contributed by atoms with Gasteiger partial charge >= 0.3 is 0 Å². The van der Waals surface area contributed by atoms with Crippen molar-refractivity contribution in [1.82, 2.24) is 10.2 Å². The summed E-state index contributed by atoms with van der Waals surface area (Å²) in [7, 11) is 0. The molecule has 0 saturated carbocycles. The molecule has 0 radical (unpaired) electrons. The summed E-state index contributed by atoms with van der Waals surface area (Å²) in [6, 6.07) is 16.7. The first kappa shape index (κ1) is 16.7. The van der Waals surface area contributed by atoms with Gasteiger partial charge in [-0.2, -0.15) is 0 Å². The van der Waals surface area contributed by atoms with E-state index in [2.05, 4.69) is 34.5 Å². The number of benzene rings is 2. The third-order valence-corrected chi connectivity index (χ3v) is 5.07. The van der Waals surface area contributed by atoms with Gasteiger partial charge in [0.15, 0.2) is 0 Å². The number of aryl methyl sites for hydroxylation is 1. The van der Waals surface area contributed by atoms with Gasteiger partial charge in [0.1, 0.15) is 0 Å².